The predicted molar refractivity (Wildman–Crippen MR) is 107 cm³/mol. The van der Waals surface area contributed by atoms with Crippen LogP contribution in [0.15, 0.2) is 48.5 Å². The summed E-state index contributed by atoms with van der Waals surface area (Å²) in [5.41, 5.74) is 3.40. The normalized spacial score (nSPS) is 15.9. The number of nitrogens with zero attached hydrogens (tertiary/aromatic N) is 1. The summed E-state index contributed by atoms with van der Waals surface area (Å²) in [6.45, 7) is 1.05. The molecule has 0 heterocycles. The Kier molecular flexibility index (Phi) is 5.44. The fourth-order valence-electron chi connectivity index (χ4n) is 3.33. The highest BCUT2D eigenvalue weighted by molar-refractivity contribution is 5.95. The van der Waals surface area contributed by atoms with Crippen LogP contribution < -0.4 is 5.32 Å². The number of hydrogen-bond donors (Lipinski definition) is 1. The van der Waals surface area contributed by atoms with Gasteiger partial charge in [-0.1, -0.05) is 24.3 Å². The highest BCUT2D eigenvalue weighted by Gasteiger charge is 2.33. The number of carbonyl (C=O) groups is 2. The van der Waals surface area contributed by atoms with Crippen LogP contribution in [0.2, 0.25) is 0 Å². The van der Waals surface area contributed by atoms with Gasteiger partial charge in [-0.05, 0) is 61.1 Å². The van der Waals surface area contributed by atoms with E-state index in [1.165, 1.54) is 0 Å². The Morgan fingerprint density at radius 1 is 1.00 bits per heavy atom. The number of nitrogens with one attached hydrogen (secondary N) is 1. The van der Waals surface area contributed by atoms with Crippen molar-refractivity contribution in [3.63, 3.8) is 0 Å². The average Bonchev–Trinajstić information content (AvgIpc) is 3.61. The third kappa shape index (κ3) is 4.60. The van der Waals surface area contributed by atoms with Gasteiger partial charge in [-0.25, -0.2) is 0 Å². The molecule has 0 aromatic heterocycles. The first-order chi connectivity index (χ1) is 13.6. The summed E-state index contributed by atoms with van der Waals surface area (Å²) >= 11 is 0. The lowest BCUT2D eigenvalue weighted by molar-refractivity contribution is 0.0729. The van der Waals surface area contributed by atoms with Crippen LogP contribution in [0.1, 0.15) is 57.5 Å². The van der Waals surface area contributed by atoms with Crippen molar-refractivity contribution in [1.29, 1.82) is 0 Å². The van der Waals surface area contributed by atoms with Crippen molar-refractivity contribution in [3.05, 3.63) is 70.8 Å². The fraction of sp³-hybridized carbons (Fsp3) is 0.391. The Balaban J connectivity index is 1.45. The van der Waals surface area contributed by atoms with Gasteiger partial charge in [0.1, 0.15) is 0 Å². The zero-order chi connectivity index (χ0) is 19.5. The summed E-state index contributed by atoms with van der Waals surface area (Å²) in [5.74, 6) is 0.0372. The van der Waals surface area contributed by atoms with E-state index in [2.05, 4.69) is 5.32 Å². The van der Waals surface area contributed by atoms with Crippen LogP contribution in [-0.4, -0.2) is 35.9 Å². The highest BCUT2D eigenvalue weighted by atomic mass is 16.5. The first kappa shape index (κ1) is 18.7. The van der Waals surface area contributed by atoms with Gasteiger partial charge in [0, 0.05) is 36.9 Å². The molecule has 2 saturated carbocycles. The quantitative estimate of drug-likeness (QED) is 0.764. The van der Waals surface area contributed by atoms with E-state index in [0.29, 0.717) is 36.4 Å². The van der Waals surface area contributed by atoms with Crippen molar-refractivity contribution >= 4 is 11.8 Å². The van der Waals surface area contributed by atoms with E-state index in [4.69, 9.17) is 4.74 Å². The molecule has 0 saturated heterocycles. The van der Waals surface area contributed by atoms with Crippen LogP contribution >= 0.6 is 0 Å². The summed E-state index contributed by atoms with van der Waals surface area (Å²) < 4.78 is 5.18. The summed E-state index contributed by atoms with van der Waals surface area (Å²) in [6, 6.07) is 15.9. The van der Waals surface area contributed by atoms with Gasteiger partial charge >= 0.3 is 0 Å². The van der Waals surface area contributed by atoms with Crippen molar-refractivity contribution in [1.82, 2.24) is 10.2 Å². The third-order valence-corrected chi connectivity index (χ3v) is 5.22. The molecule has 2 aromatic carbocycles. The number of amides is 2. The van der Waals surface area contributed by atoms with Crippen molar-refractivity contribution in [2.75, 3.05) is 7.11 Å². The monoisotopic (exact) mass is 378 g/mol. The van der Waals surface area contributed by atoms with Crippen molar-refractivity contribution in [2.24, 2.45) is 0 Å². The zero-order valence-corrected chi connectivity index (χ0v) is 16.2. The van der Waals surface area contributed by atoms with Gasteiger partial charge in [-0.15, -0.1) is 0 Å². The molecular formula is C23H26N2O3. The summed E-state index contributed by atoms with van der Waals surface area (Å²) in [4.78, 5) is 27.2. The van der Waals surface area contributed by atoms with Gasteiger partial charge in [0.2, 0.25) is 0 Å². The molecule has 2 aliphatic rings. The van der Waals surface area contributed by atoms with E-state index in [9.17, 15) is 9.59 Å². The van der Waals surface area contributed by atoms with Crippen molar-refractivity contribution in [2.45, 2.75) is 50.9 Å². The first-order valence-corrected chi connectivity index (χ1v) is 9.92. The van der Waals surface area contributed by atoms with Gasteiger partial charge < -0.3 is 15.0 Å². The zero-order valence-electron chi connectivity index (χ0n) is 16.2. The van der Waals surface area contributed by atoms with Crippen LogP contribution in [0.3, 0.4) is 0 Å². The average molecular weight is 378 g/mol. The van der Waals surface area contributed by atoms with Gasteiger partial charge in [0.05, 0.1) is 6.61 Å². The van der Waals surface area contributed by atoms with Gasteiger partial charge in [-0.2, -0.15) is 0 Å². The summed E-state index contributed by atoms with van der Waals surface area (Å²) in [5, 5.41) is 3.00. The molecule has 2 amide bonds. The minimum Gasteiger partial charge on any atom is -0.380 e. The van der Waals surface area contributed by atoms with Crippen LogP contribution in [0.4, 0.5) is 0 Å². The van der Waals surface area contributed by atoms with E-state index in [-0.39, 0.29) is 11.8 Å². The number of benzene rings is 2. The van der Waals surface area contributed by atoms with Gasteiger partial charge in [0.25, 0.3) is 11.8 Å². The predicted octanol–water partition coefficient (Wildman–Crippen LogP) is 3.53. The number of methoxy groups -OCH3 is 1. The lowest BCUT2D eigenvalue weighted by atomic mass is 10.1. The minimum absolute atomic E-state index is 0.0147. The minimum atomic E-state index is -0.0147. The smallest absolute Gasteiger partial charge is 0.254 e. The van der Waals surface area contributed by atoms with Crippen LogP contribution in [0.25, 0.3) is 0 Å². The number of hydrogen-bond acceptors (Lipinski definition) is 3. The lowest BCUT2D eigenvalue weighted by Crippen LogP contribution is -2.32. The largest absolute Gasteiger partial charge is 0.380 e. The van der Waals surface area contributed by atoms with Crippen molar-refractivity contribution < 1.29 is 14.3 Å². The molecule has 28 heavy (non-hydrogen) atoms. The van der Waals surface area contributed by atoms with Gasteiger partial charge in [0.15, 0.2) is 0 Å². The number of rotatable bonds is 8. The Bertz CT molecular complexity index is 854. The Labute approximate surface area is 165 Å². The summed E-state index contributed by atoms with van der Waals surface area (Å²) in [7, 11) is 1.65. The van der Waals surface area contributed by atoms with Gasteiger partial charge in [-0.3, -0.25) is 9.59 Å². The molecule has 2 aliphatic carbocycles. The van der Waals surface area contributed by atoms with E-state index < -0.39 is 0 Å². The Morgan fingerprint density at radius 2 is 1.75 bits per heavy atom. The first-order valence-electron chi connectivity index (χ1n) is 9.92. The van der Waals surface area contributed by atoms with E-state index in [0.717, 1.165) is 36.8 Å². The maximum Gasteiger partial charge on any atom is 0.254 e. The molecule has 0 atom stereocenters. The standard InChI is InChI=1S/C23H26N2O3/c1-28-15-17-3-2-4-19(13-17)23(27)25(21-11-12-21)14-16-5-7-18(8-6-16)22(26)24-20-9-10-20/h2-8,13,20-21H,9-12,14-15H2,1H3,(H,24,26). The molecule has 2 aromatic rings. The van der Waals surface area contributed by atoms with E-state index in [1.54, 1.807) is 7.11 Å². The molecule has 2 fully saturated rings. The molecule has 0 unspecified atom stereocenters. The second kappa shape index (κ2) is 8.15. The summed E-state index contributed by atoms with van der Waals surface area (Å²) in [6.07, 6.45) is 4.25. The second-order valence-electron chi connectivity index (χ2n) is 7.74. The topological polar surface area (TPSA) is 58.6 Å². The molecule has 1 N–H and O–H groups in total. The lowest BCUT2D eigenvalue weighted by Gasteiger charge is -2.23. The Hall–Kier alpha value is -2.66. The van der Waals surface area contributed by atoms with E-state index in [1.807, 2.05) is 53.4 Å². The molecule has 5 heteroatoms. The third-order valence-electron chi connectivity index (χ3n) is 5.22. The second-order valence-corrected chi connectivity index (χ2v) is 7.74. The number of carbonyl (C=O) groups excluding carboxylic acids is 2. The Morgan fingerprint density at radius 3 is 2.39 bits per heavy atom. The van der Waals surface area contributed by atoms with Crippen LogP contribution in [0, 0.1) is 0 Å². The molecular weight excluding hydrogens is 352 g/mol. The SMILES string of the molecule is COCc1cccc(C(=O)N(Cc2ccc(C(=O)NC3CC3)cc2)C2CC2)c1. The van der Waals surface area contributed by atoms with Crippen molar-refractivity contribution in [3.8, 4) is 0 Å². The molecule has 146 valence electrons. The molecule has 0 aliphatic heterocycles. The molecule has 5 nitrogen and oxygen atoms in total. The molecule has 0 spiro atoms. The maximum absolute atomic E-state index is 13.1. The van der Waals surface area contributed by atoms with Crippen LogP contribution in [-0.2, 0) is 17.9 Å². The molecule has 0 bridgehead atoms. The molecule has 0 radical (unpaired) electrons. The maximum atomic E-state index is 13.1. The molecule has 4 rings (SSSR count). The van der Waals surface area contributed by atoms with E-state index >= 15 is 0 Å². The van der Waals surface area contributed by atoms with Crippen LogP contribution in [0.5, 0.6) is 0 Å². The number of ether oxygens (including phenoxy) is 1. The highest BCUT2D eigenvalue weighted by Crippen LogP contribution is 2.30. The fourth-order valence-corrected chi connectivity index (χ4v) is 3.33.